The van der Waals surface area contributed by atoms with Crippen LogP contribution in [-0.4, -0.2) is 6.61 Å². The van der Waals surface area contributed by atoms with Crippen LogP contribution in [0.15, 0.2) is 0 Å². The molecule has 0 spiro atoms. The highest BCUT2D eigenvalue weighted by Gasteiger charge is 2.24. The van der Waals surface area contributed by atoms with Crippen molar-refractivity contribution in [3.8, 4) is 0 Å². The van der Waals surface area contributed by atoms with E-state index in [1.54, 1.807) is 0 Å². The molecule has 0 aliphatic heterocycles. The molecule has 0 N–H and O–H groups in total. The van der Waals surface area contributed by atoms with Gasteiger partial charge in [0.15, 0.2) is 0 Å². The molecule has 0 bridgehead atoms. The van der Waals surface area contributed by atoms with Gasteiger partial charge in [0.1, 0.15) is 6.61 Å². The summed E-state index contributed by atoms with van der Waals surface area (Å²) in [4.78, 5) is 0. The zero-order chi connectivity index (χ0) is 10.9. The summed E-state index contributed by atoms with van der Waals surface area (Å²) in [6.45, 7) is 2.95. The number of unbranched alkanes of at least 4 members (excludes halogenated alkanes) is 1. The standard InChI is InChI=1S/C12H24O2P/c1-2-3-7-12(10-14-15-13)11-8-5-4-6-9-11/h11-12,15H,2-10H2,1H3/q+1. The average Bonchev–Trinajstić information content (AvgIpc) is 2.30. The third-order valence-electron chi connectivity index (χ3n) is 3.60. The van der Waals surface area contributed by atoms with Crippen molar-refractivity contribution in [2.75, 3.05) is 6.61 Å². The Morgan fingerprint density at radius 2 is 2.07 bits per heavy atom. The fourth-order valence-corrected chi connectivity index (χ4v) is 2.95. The topological polar surface area (TPSA) is 26.3 Å². The molecule has 1 fully saturated rings. The van der Waals surface area contributed by atoms with Gasteiger partial charge in [0.05, 0.1) is 0 Å². The quantitative estimate of drug-likeness (QED) is 0.609. The molecule has 0 aromatic rings. The minimum Gasteiger partial charge on any atom is -0.148 e. The first-order valence-electron chi connectivity index (χ1n) is 6.37. The van der Waals surface area contributed by atoms with Gasteiger partial charge in [-0.1, -0.05) is 51.9 Å². The first-order chi connectivity index (χ1) is 7.38. The summed E-state index contributed by atoms with van der Waals surface area (Å²) in [6.07, 6.45) is 10.7. The van der Waals surface area contributed by atoms with Gasteiger partial charge in [0.25, 0.3) is 0 Å². The van der Waals surface area contributed by atoms with Gasteiger partial charge in [-0.2, -0.15) is 0 Å². The van der Waals surface area contributed by atoms with Crippen molar-refractivity contribution < 1.29 is 9.09 Å². The molecular formula is C12H24O2P+. The highest BCUT2D eigenvalue weighted by Crippen LogP contribution is 2.33. The zero-order valence-corrected chi connectivity index (χ0v) is 10.8. The van der Waals surface area contributed by atoms with Crippen LogP contribution < -0.4 is 0 Å². The van der Waals surface area contributed by atoms with Crippen LogP contribution in [0.5, 0.6) is 0 Å². The summed E-state index contributed by atoms with van der Waals surface area (Å²) in [7, 11) is -0.580. The molecule has 1 saturated carbocycles. The number of hydrogen-bond acceptors (Lipinski definition) is 2. The van der Waals surface area contributed by atoms with E-state index in [1.165, 1.54) is 51.4 Å². The van der Waals surface area contributed by atoms with Gasteiger partial charge < -0.3 is 0 Å². The Bertz CT molecular complexity index is 167. The lowest BCUT2D eigenvalue weighted by Crippen LogP contribution is -2.21. The second-order valence-electron chi connectivity index (χ2n) is 4.69. The van der Waals surface area contributed by atoms with E-state index in [1.807, 2.05) is 0 Å². The molecule has 0 amide bonds. The van der Waals surface area contributed by atoms with Crippen molar-refractivity contribution in [1.82, 2.24) is 0 Å². The molecule has 1 aliphatic rings. The largest absolute Gasteiger partial charge is 0.494 e. The van der Waals surface area contributed by atoms with E-state index in [-0.39, 0.29) is 0 Å². The van der Waals surface area contributed by atoms with E-state index in [2.05, 4.69) is 6.92 Å². The Morgan fingerprint density at radius 3 is 2.67 bits per heavy atom. The Hall–Kier alpha value is 0.0600. The maximum atomic E-state index is 10.4. The van der Waals surface area contributed by atoms with Crippen LogP contribution in [0.1, 0.15) is 58.3 Å². The average molecular weight is 231 g/mol. The molecule has 0 aromatic carbocycles. The lowest BCUT2D eigenvalue weighted by atomic mass is 9.78. The van der Waals surface area contributed by atoms with Gasteiger partial charge >= 0.3 is 8.69 Å². The number of hydrogen-bond donors (Lipinski definition) is 0. The minimum absolute atomic E-state index is 0.580. The second kappa shape index (κ2) is 8.24. The maximum Gasteiger partial charge on any atom is 0.494 e. The molecule has 2 atom stereocenters. The van der Waals surface area contributed by atoms with E-state index in [4.69, 9.17) is 4.52 Å². The van der Waals surface area contributed by atoms with Crippen LogP contribution in [-0.2, 0) is 9.09 Å². The SMILES string of the molecule is CCCCC(CO[PH+]=O)C1CCCCC1. The third-order valence-corrected chi connectivity index (χ3v) is 3.89. The Balaban J connectivity index is 2.33. The molecule has 0 aromatic heterocycles. The van der Waals surface area contributed by atoms with Crippen molar-refractivity contribution >= 4 is 8.69 Å². The highest BCUT2D eigenvalue weighted by atomic mass is 31.1. The van der Waals surface area contributed by atoms with E-state index in [0.29, 0.717) is 12.5 Å². The van der Waals surface area contributed by atoms with Gasteiger partial charge in [-0.15, -0.1) is 4.52 Å². The molecule has 3 heteroatoms. The second-order valence-corrected chi connectivity index (χ2v) is 5.15. The summed E-state index contributed by atoms with van der Waals surface area (Å²) in [5.41, 5.74) is 0. The summed E-state index contributed by atoms with van der Waals surface area (Å²) >= 11 is 0. The summed E-state index contributed by atoms with van der Waals surface area (Å²) in [5.74, 6) is 1.49. The first kappa shape index (κ1) is 13.1. The van der Waals surface area contributed by atoms with Gasteiger partial charge in [-0.3, -0.25) is 0 Å². The van der Waals surface area contributed by atoms with Gasteiger partial charge in [-0.25, -0.2) is 0 Å². The van der Waals surface area contributed by atoms with Crippen molar-refractivity contribution in [2.45, 2.75) is 58.3 Å². The summed E-state index contributed by atoms with van der Waals surface area (Å²) < 4.78 is 15.5. The van der Waals surface area contributed by atoms with Crippen LogP contribution in [0.3, 0.4) is 0 Å². The molecule has 1 rings (SSSR count). The molecule has 15 heavy (non-hydrogen) atoms. The van der Waals surface area contributed by atoms with Gasteiger partial charge in [-0.05, 0) is 22.8 Å². The Labute approximate surface area is 95.1 Å². The molecule has 0 heterocycles. The smallest absolute Gasteiger partial charge is 0.148 e. The third kappa shape index (κ3) is 5.08. The Morgan fingerprint density at radius 1 is 1.33 bits per heavy atom. The van der Waals surface area contributed by atoms with E-state index in [0.717, 1.165) is 5.92 Å². The van der Waals surface area contributed by atoms with Crippen LogP contribution in [0, 0.1) is 11.8 Å². The monoisotopic (exact) mass is 231 g/mol. The molecule has 0 radical (unpaired) electrons. The summed E-state index contributed by atoms with van der Waals surface area (Å²) in [5, 5.41) is 0. The molecule has 88 valence electrons. The summed E-state index contributed by atoms with van der Waals surface area (Å²) in [6, 6.07) is 0. The van der Waals surface area contributed by atoms with E-state index >= 15 is 0 Å². The fourth-order valence-electron chi connectivity index (χ4n) is 2.67. The van der Waals surface area contributed by atoms with Crippen molar-refractivity contribution in [3.05, 3.63) is 0 Å². The minimum atomic E-state index is -0.580. The van der Waals surface area contributed by atoms with Crippen LogP contribution >= 0.6 is 8.69 Å². The maximum absolute atomic E-state index is 10.4. The lowest BCUT2D eigenvalue weighted by Gasteiger charge is -2.28. The normalized spacial score (nSPS) is 20.6. The van der Waals surface area contributed by atoms with E-state index in [9.17, 15) is 4.57 Å². The van der Waals surface area contributed by atoms with Crippen molar-refractivity contribution in [3.63, 3.8) is 0 Å². The van der Waals surface area contributed by atoms with Crippen molar-refractivity contribution in [1.29, 1.82) is 0 Å². The highest BCUT2D eigenvalue weighted by molar-refractivity contribution is 7.17. The van der Waals surface area contributed by atoms with Crippen molar-refractivity contribution in [2.24, 2.45) is 11.8 Å². The molecule has 1 aliphatic carbocycles. The lowest BCUT2D eigenvalue weighted by molar-refractivity contribution is 0.160. The van der Waals surface area contributed by atoms with Gasteiger partial charge in [0, 0.05) is 0 Å². The molecule has 0 saturated heterocycles. The zero-order valence-electron chi connectivity index (χ0n) is 9.84. The molecular weight excluding hydrogens is 207 g/mol. The fraction of sp³-hybridized carbons (Fsp3) is 1.00. The molecule has 2 nitrogen and oxygen atoms in total. The molecule has 2 unspecified atom stereocenters. The van der Waals surface area contributed by atoms with Crippen LogP contribution in [0.4, 0.5) is 0 Å². The van der Waals surface area contributed by atoms with Crippen LogP contribution in [0.2, 0.25) is 0 Å². The first-order valence-corrected chi connectivity index (χ1v) is 7.19. The van der Waals surface area contributed by atoms with Crippen LogP contribution in [0.25, 0.3) is 0 Å². The van der Waals surface area contributed by atoms with Gasteiger partial charge in [0.2, 0.25) is 0 Å². The predicted molar refractivity (Wildman–Crippen MR) is 64.5 cm³/mol. The predicted octanol–water partition coefficient (Wildman–Crippen LogP) is 4.33. The Kier molecular flexibility index (Phi) is 7.21. The van der Waals surface area contributed by atoms with E-state index < -0.39 is 8.69 Å². The number of rotatable bonds is 7.